The van der Waals surface area contributed by atoms with Gasteiger partial charge in [-0.25, -0.2) is 17.8 Å². The predicted octanol–water partition coefficient (Wildman–Crippen LogP) is 0.514. The Morgan fingerprint density at radius 1 is 1.24 bits per heavy atom. The SMILES string of the molecule is CCNC(=NCc1cc(F)ccc1CS(C)(=O)=O)NCC(=O)N(C)C. The van der Waals surface area contributed by atoms with Crippen molar-refractivity contribution < 1.29 is 17.6 Å². The first-order valence-corrected chi connectivity index (χ1v) is 9.85. The molecule has 25 heavy (non-hydrogen) atoms. The van der Waals surface area contributed by atoms with Gasteiger partial charge in [-0.05, 0) is 30.2 Å². The maximum atomic E-state index is 13.5. The van der Waals surface area contributed by atoms with Crippen molar-refractivity contribution in [3.63, 3.8) is 0 Å². The van der Waals surface area contributed by atoms with E-state index in [1.165, 1.54) is 23.1 Å². The highest BCUT2D eigenvalue weighted by molar-refractivity contribution is 7.89. The molecular formula is C16H25FN4O3S. The first kappa shape index (κ1) is 20.9. The van der Waals surface area contributed by atoms with Crippen LogP contribution in [0.2, 0.25) is 0 Å². The van der Waals surface area contributed by atoms with Gasteiger partial charge in [-0.3, -0.25) is 4.79 Å². The zero-order valence-electron chi connectivity index (χ0n) is 15.0. The Morgan fingerprint density at radius 3 is 2.48 bits per heavy atom. The highest BCUT2D eigenvalue weighted by Gasteiger charge is 2.11. The van der Waals surface area contributed by atoms with Crippen LogP contribution in [0.5, 0.6) is 0 Å². The molecule has 9 heteroatoms. The van der Waals surface area contributed by atoms with Gasteiger partial charge >= 0.3 is 0 Å². The summed E-state index contributed by atoms with van der Waals surface area (Å²) in [6.45, 7) is 2.62. The molecule has 0 aromatic heterocycles. The fourth-order valence-electron chi connectivity index (χ4n) is 1.99. The highest BCUT2D eigenvalue weighted by atomic mass is 32.2. The van der Waals surface area contributed by atoms with Crippen molar-refractivity contribution in [2.45, 2.75) is 19.2 Å². The number of rotatable bonds is 7. The number of nitrogens with one attached hydrogen (secondary N) is 2. The summed E-state index contributed by atoms with van der Waals surface area (Å²) in [5.41, 5.74) is 0.995. The number of guanidine groups is 1. The number of carbonyl (C=O) groups excluding carboxylic acids is 1. The first-order chi connectivity index (χ1) is 11.6. The second-order valence-corrected chi connectivity index (χ2v) is 7.96. The maximum absolute atomic E-state index is 13.5. The Labute approximate surface area is 148 Å². The van der Waals surface area contributed by atoms with E-state index >= 15 is 0 Å². The molecule has 0 saturated heterocycles. The van der Waals surface area contributed by atoms with E-state index in [0.717, 1.165) is 6.26 Å². The number of hydrogen-bond acceptors (Lipinski definition) is 4. The molecule has 0 heterocycles. The van der Waals surface area contributed by atoms with Gasteiger partial charge < -0.3 is 15.5 Å². The Hall–Kier alpha value is -2.16. The standard InChI is InChI=1S/C16H25FN4O3S/c1-5-18-16(20-10-15(22)21(2)3)19-9-13-8-14(17)7-6-12(13)11-25(4,23)24/h6-8H,5,9-11H2,1-4H3,(H2,18,19,20). The van der Waals surface area contributed by atoms with Crippen LogP contribution in [-0.2, 0) is 26.9 Å². The molecule has 0 unspecified atom stereocenters. The van der Waals surface area contributed by atoms with Gasteiger partial charge in [0.1, 0.15) is 5.82 Å². The third kappa shape index (κ3) is 7.97. The fraction of sp³-hybridized carbons (Fsp3) is 0.500. The van der Waals surface area contributed by atoms with Gasteiger partial charge in [0.15, 0.2) is 15.8 Å². The van der Waals surface area contributed by atoms with Crippen LogP contribution >= 0.6 is 0 Å². The topological polar surface area (TPSA) is 90.9 Å². The van der Waals surface area contributed by atoms with Crippen LogP contribution in [-0.4, -0.2) is 58.6 Å². The Balaban J connectivity index is 2.94. The number of hydrogen-bond donors (Lipinski definition) is 2. The van der Waals surface area contributed by atoms with Crippen molar-refractivity contribution in [3.05, 3.63) is 35.1 Å². The molecule has 0 radical (unpaired) electrons. The monoisotopic (exact) mass is 372 g/mol. The second-order valence-electron chi connectivity index (χ2n) is 5.82. The van der Waals surface area contributed by atoms with Crippen LogP contribution in [0.1, 0.15) is 18.1 Å². The van der Waals surface area contributed by atoms with Gasteiger partial charge in [0, 0.05) is 26.9 Å². The minimum Gasteiger partial charge on any atom is -0.357 e. The number of carbonyl (C=O) groups is 1. The van der Waals surface area contributed by atoms with Gasteiger partial charge in [-0.15, -0.1) is 0 Å². The minimum absolute atomic E-state index is 0.0676. The third-order valence-corrected chi connectivity index (χ3v) is 4.08. The van der Waals surface area contributed by atoms with Gasteiger partial charge in [-0.1, -0.05) is 6.07 Å². The van der Waals surface area contributed by atoms with Crippen molar-refractivity contribution in [1.82, 2.24) is 15.5 Å². The van der Waals surface area contributed by atoms with Gasteiger partial charge in [0.2, 0.25) is 5.91 Å². The van der Waals surface area contributed by atoms with E-state index < -0.39 is 15.7 Å². The van der Waals surface area contributed by atoms with E-state index in [0.29, 0.717) is 23.6 Å². The number of sulfone groups is 1. The van der Waals surface area contributed by atoms with Gasteiger partial charge in [0.05, 0.1) is 18.8 Å². The van der Waals surface area contributed by atoms with E-state index in [1.54, 1.807) is 14.1 Å². The van der Waals surface area contributed by atoms with E-state index in [-0.39, 0.29) is 24.7 Å². The summed E-state index contributed by atoms with van der Waals surface area (Å²) >= 11 is 0. The van der Waals surface area contributed by atoms with Crippen LogP contribution in [0.25, 0.3) is 0 Å². The molecular weight excluding hydrogens is 347 g/mol. The zero-order chi connectivity index (χ0) is 19.0. The lowest BCUT2D eigenvalue weighted by molar-refractivity contribution is -0.127. The molecule has 1 rings (SSSR count). The van der Waals surface area contributed by atoms with E-state index in [4.69, 9.17) is 0 Å². The van der Waals surface area contributed by atoms with E-state index in [9.17, 15) is 17.6 Å². The molecule has 0 bridgehead atoms. The summed E-state index contributed by atoms with van der Waals surface area (Å²) in [4.78, 5) is 17.4. The summed E-state index contributed by atoms with van der Waals surface area (Å²) in [6, 6.07) is 3.96. The molecule has 0 fully saturated rings. The molecule has 0 atom stereocenters. The van der Waals surface area contributed by atoms with Crippen molar-refractivity contribution >= 4 is 21.7 Å². The third-order valence-electron chi connectivity index (χ3n) is 3.24. The maximum Gasteiger partial charge on any atom is 0.241 e. The van der Waals surface area contributed by atoms with Crippen molar-refractivity contribution in [3.8, 4) is 0 Å². The molecule has 0 aliphatic rings. The Morgan fingerprint density at radius 2 is 1.92 bits per heavy atom. The predicted molar refractivity (Wildman–Crippen MR) is 96.5 cm³/mol. The fourth-order valence-corrected chi connectivity index (χ4v) is 2.83. The molecule has 1 aromatic rings. The Bertz CT molecular complexity index is 733. The molecule has 140 valence electrons. The summed E-state index contributed by atoms with van der Waals surface area (Å²) in [7, 11) is 0.0575. The summed E-state index contributed by atoms with van der Waals surface area (Å²) in [6.07, 6.45) is 1.13. The second kappa shape index (κ2) is 9.36. The van der Waals surface area contributed by atoms with Crippen LogP contribution in [0.15, 0.2) is 23.2 Å². The largest absolute Gasteiger partial charge is 0.357 e. The van der Waals surface area contributed by atoms with Crippen molar-refractivity contribution in [2.24, 2.45) is 4.99 Å². The Kier molecular flexibility index (Phi) is 7.82. The van der Waals surface area contributed by atoms with Crippen molar-refractivity contribution in [1.29, 1.82) is 0 Å². The van der Waals surface area contributed by atoms with E-state index in [2.05, 4.69) is 15.6 Å². The summed E-state index contributed by atoms with van der Waals surface area (Å²) < 4.78 is 36.6. The number of nitrogens with zero attached hydrogens (tertiary/aromatic N) is 2. The summed E-state index contributed by atoms with van der Waals surface area (Å²) in [5.74, 6) is -0.356. The number of likely N-dealkylation sites (N-methyl/N-ethyl adjacent to an activating group) is 1. The average Bonchev–Trinajstić information content (AvgIpc) is 2.50. The quantitative estimate of drug-likeness (QED) is 0.538. The molecule has 7 nitrogen and oxygen atoms in total. The molecule has 0 saturated carbocycles. The smallest absolute Gasteiger partial charge is 0.241 e. The lowest BCUT2D eigenvalue weighted by atomic mass is 10.1. The van der Waals surface area contributed by atoms with Crippen LogP contribution in [0.4, 0.5) is 4.39 Å². The number of halogens is 1. The molecule has 0 spiro atoms. The zero-order valence-corrected chi connectivity index (χ0v) is 15.8. The van der Waals surface area contributed by atoms with Crippen LogP contribution in [0.3, 0.4) is 0 Å². The first-order valence-electron chi connectivity index (χ1n) is 7.79. The van der Waals surface area contributed by atoms with Gasteiger partial charge in [0.25, 0.3) is 0 Å². The molecule has 1 amide bonds. The number of amides is 1. The molecule has 1 aromatic carbocycles. The minimum atomic E-state index is -3.24. The lowest BCUT2D eigenvalue weighted by Crippen LogP contribution is -2.42. The molecule has 0 aliphatic carbocycles. The lowest BCUT2D eigenvalue weighted by Gasteiger charge is -2.14. The average molecular weight is 372 g/mol. The number of benzene rings is 1. The van der Waals surface area contributed by atoms with E-state index in [1.807, 2.05) is 6.92 Å². The number of aliphatic imine (C=N–C) groups is 1. The molecule has 0 aliphatic heterocycles. The van der Waals surface area contributed by atoms with Crippen molar-refractivity contribution in [2.75, 3.05) is 33.4 Å². The normalized spacial score (nSPS) is 12.0. The van der Waals surface area contributed by atoms with Gasteiger partial charge in [-0.2, -0.15) is 0 Å². The van der Waals surface area contributed by atoms with Crippen LogP contribution < -0.4 is 10.6 Å². The summed E-state index contributed by atoms with van der Waals surface area (Å²) in [5, 5.41) is 5.88. The van der Waals surface area contributed by atoms with Crippen LogP contribution in [0, 0.1) is 5.82 Å². The highest BCUT2D eigenvalue weighted by Crippen LogP contribution is 2.15. The molecule has 2 N–H and O–H groups in total.